The average molecular weight is 347 g/mol. The molecule has 3 rings (SSSR count). The molecule has 2 aromatic carbocycles. The highest BCUT2D eigenvalue weighted by atomic mass is 79.9. The van der Waals surface area contributed by atoms with Gasteiger partial charge >= 0.3 is 0 Å². The highest BCUT2D eigenvalue weighted by Crippen LogP contribution is 2.31. The first kappa shape index (κ1) is 14.3. The summed E-state index contributed by atoms with van der Waals surface area (Å²) in [5.74, 6) is 0.543. The van der Waals surface area contributed by atoms with Crippen molar-refractivity contribution in [3.05, 3.63) is 63.6 Å². The van der Waals surface area contributed by atoms with Crippen molar-refractivity contribution in [1.29, 1.82) is 0 Å². The van der Waals surface area contributed by atoms with Crippen molar-refractivity contribution in [2.45, 2.75) is 13.0 Å². The third-order valence-electron chi connectivity index (χ3n) is 3.34. The number of benzene rings is 2. The van der Waals surface area contributed by atoms with E-state index in [1.165, 1.54) is 0 Å². The molecule has 0 N–H and O–H groups in total. The normalized spacial score (nSPS) is 16.6. The van der Waals surface area contributed by atoms with Gasteiger partial charge in [-0.3, -0.25) is 4.79 Å². The van der Waals surface area contributed by atoms with Crippen molar-refractivity contribution in [2.75, 3.05) is 13.2 Å². The first-order chi connectivity index (χ1) is 10.1. The van der Waals surface area contributed by atoms with Gasteiger partial charge in [0, 0.05) is 5.56 Å². The van der Waals surface area contributed by atoms with Crippen LogP contribution in [-0.2, 0) is 4.74 Å². The molecule has 0 spiro atoms. The van der Waals surface area contributed by atoms with E-state index in [1.54, 1.807) is 6.07 Å². The maximum absolute atomic E-state index is 12.7. The van der Waals surface area contributed by atoms with Crippen LogP contribution >= 0.6 is 15.9 Å². The van der Waals surface area contributed by atoms with E-state index in [0.29, 0.717) is 23.5 Å². The number of epoxide rings is 1. The van der Waals surface area contributed by atoms with Gasteiger partial charge in [-0.05, 0) is 35.0 Å². The quantitative estimate of drug-likeness (QED) is 0.611. The SMILES string of the molecule is Cc1ccc(C(=O)c2cccc(Br)c2OCC2CO2)cc1. The molecular formula is C17H15BrO3. The Balaban J connectivity index is 1.90. The van der Waals surface area contributed by atoms with Crippen molar-refractivity contribution in [3.8, 4) is 5.75 Å². The van der Waals surface area contributed by atoms with Gasteiger partial charge in [0.25, 0.3) is 0 Å². The molecule has 0 bridgehead atoms. The number of rotatable bonds is 5. The topological polar surface area (TPSA) is 38.8 Å². The fourth-order valence-corrected chi connectivity index (χ4v) is 2.52. The number of ether oxygens (including phenoxy) is 2. The summed E-state index contributed by atoms with van der Waals surface area (Å²) in [6, 6.07) is 13.0. The molecule has 108 valence electrons. The van der Waals surface area contributed by atoms with Crippen molar-refractivity contribution >= 4 is 21.7 Å². The number of hydrogen-bond donors (Lipinski definition) is 0. The van der Waals surface area contributed by atoms with E-state index >= 15 is 0 Å². The Labute approximate surface area is 132 Å². The molecule has 1 heterocycles. The van der Waals surface area contributed by atoms with Gasteiger partial charge in [-0.1, -0.05) is 35.9 Å². The fourth-order valence-electron chi connectivity index (χ4n) is 2.04. The first-order valence-corrected chi connectivity index (χ1v) is 7.59. The maximum Gasteiger partial charge on any atom is 0.196 e. The second-order valence-corrected chi connectivity index (χ2v) is 5.93. The second kappa shape index (κ2) is 6.00. The van der Waals surface area contributed by atoms with Gasteiger partial charge in [0.05, 0.1) is 16.6 Å². The van der Waals surface area contributed by atoms with Gasteiger partial charge in [-0.15, -0.1) is 0 Å². The van der Waals surface area contributed by atoms with E-state index < -0.39 is 0 Å². The predicted molar refractivity (Wildman–Crippen MR) is 84.0 cm³/mol. The lowest BCUT2D eigenvalue weighted by Gasteiger charge is -2.12. The molecule has 1 aliphatic heterocycles. The molecule has 1 atom stereocenters. The molecule has 0 aromatic heterocycles. The lowest BCUT2D eigenvalue weighted by molar-refractivity contribution is 0.103. The van der Waals surface area contributed by atoms with Gasteiger partial charge in [0.2, 0.25) is 0 Å². The van der Waals surface area contributed by atoms with Crippen molar-refractivity contribution < 1.29 is 14.3 Å². The van der Waals surface area contributed by atoms with Crippen LogP contribution in [0.25, 0.3) is 0 Å². The van der Waals surface area contributed by atoms with Crippen LogP contribution < -0.4 is 4.74 Å². The van der Waals surface area contributed by atoms with E-state index in [2.05, 4.69) is 15.9 Å². The fraction of sp³-hybridized carbons (Fsp3) is 0.235. The van der Waals surface area contributed by atoms with Crippen molar-refractivity contribution in [1.82, 2.24) is 0 Å². The zero-order chi connectivity index (χ0) is 14.8. The molecule has 2 aromatic rings. The number of para-hydroxylation sites is 1. The largest absolute Gasteiger partial charge is 0.489 e. The van der Waals surface area contributed by atoms with Crippen LogP contribution in [0.3, 0.4) is 0 Å². The summed E-state index contributed by atoms with van der Waals surface area (Å²) in [5.41, 5.74) is 2.35. The van der Waals surface area contributed by atoms with E-state index in [0.717, 1.165) is 16.6 Å². The van der Waals surface area contributed by atoms with Crippen molar-refractivity contribution in [3.63, 3.8) is 0 Å². The Morgan fingerprint density at radius 3 is 2.67 bits per heavy atom. The average Bonchev–Trinajstić information content (AvgIpc) is 3.30. The molecule has 1 unspecified atom stereocenters. The van der Waals surface area contributed by atoms with E-state index in [9.17, 15) is 4.79 Å². The Morgan fingerprint density at radius 2 is 2.00 bits per heavy atom. The monoisotopic (exact) mass is 346 g/mol. The summed E-state index contributed by atoms with van der Waals surface area (Å²) in [5, 5.41) is 0. The third-order valence-corrected chi connectivity index (χ3v) is 3.97. The van der Waals surface area contributed by atoms with Crippen LogP contribution in [0.1, 0.15) is 21.5 Å². The highest BCUT2D eigenvalue weighted by molar-refractivity contribution is 9.10. The van der Waals surface area contributed by atoms with Gasteiger partial charge < -0.3 is 9.47 Å². The minimum absolute atomic E-state index is 0.0389. The molecule has 0 radical (unpaired) electrons. The predicted octanol–water partition coefficient (Wildman–Crippen LogP) is 3.77. The van der Waals surface area contributed by atoms with Crippen LogP contribution in [0.5, 0.6) is 5.75 Å². The van der Waals surface area contributed by atoms with E-state index in [4.69, 9.17) is 9.47 Å². The van der Waals surface area contributed by atoms with Crippen LogP contribution in [0.2, 0.25) is 0 Å². The maximum atomic E-state index is 12.7. The van der Waals surface area contributed by atoms with Gasteiger partial charge in [-0.2, -0.15) is 0 Å². The summed E-state index contributed by atoms with van der Waals surface area (Å²) in [6.07, 6.45) is 0.152. The molecule has 1 aliphatic rings. The summed E-state index contributed by atoms with van der Waals surface area (Å²) in [4.78, 5) is 12.7. The molecule has 0 aliphatic carbocycles. The van der Waals surface area contributed by atoms with Crippen molar-refractivity contribution in [2.24, 2.45) is 0 Å². The van der Waals surface area contributed by atoms with Gasteiger partial charge in [0.15, 0.2) is 5.78 Å². The molecule has 21 heavy (non-hydrogen) atoms. The molecule has 0 saturated carbocycles. The van der Waals surface area contributed by atoms with E-state index in [-0.39, 0.29) is 11.9 Å². The summed E-state index contributed by atoms with van der Waals surface area (Å²) >= 11 is 3.45. The zero-order valence-electron chi connectivity index (χ0n) is 11.6. The smallest absolute Gasteiger partial charge is 0.196 e. The number of aryl methyl sites for hydroxylation is 1. The number of carbonyl (C=O) groups excluding carboxylic acids is 1. The Bertz CT molecular complexity index is 660. The van der Waals surface area contributed by atoms with E-state index in [1.807, 2.05) is 43.3 Å². The Kier molecular flexibility index (Phi) is 4.08. The molecule has 1 fully saturated rings. The second-order valence-electron chi connectivity index (χ2n) is 5.08. The van der Waals surface area contributed by atoms with Crippen LogP contribution in [0.4, 0.5) is 0 Å². The molecule has 1 saturated heterocycles. The third kappa shape index (κ3) is 3.34. The number of halogens is 1. The Morgan fingerprint density at radius 1 is 1.29 bits per heavy atom. The number of ketones is 1. The highest BCUT2D eigenvalue weighted by Gasteiger charge is 2.25. The molecular weight excluding hydrogens is 332 g/mol. The number of hydrogen-bond acceptors (Lipinski definition) is 3. The van der Waals surface area contributed by atoms with Gasteiger partial charge in [0.1, 0.15) is 18.5 Å². The number of carbonyl (C=O) groups is 1. The summed E-state index contributed by atoms with van der Waals surface area (Å²) < 4.78 is 11.7. The van der Waals surface area contributed by atoms with Crippen LogP contribution in [-0.4, -0.2) is 25.1 Å². The Hall–Kier alpha value is -1.65. The first-order valence-electron chi connectivity index (χ1n) is 6.79. The molecule has 0 amide bonds. The standard InChI is InChI=1S/C17H15BrO3/c1-11-5-7-12(8-6-11)16(19)14-3-2-4-15(18)17(14)21-10-13-9-20-13/h2-8,13H,9-10H2,1H3. The molecule has 4 heteroatoms. The van der Waals surface area contributed by atoms with Crippen LogP contribution in [0.15, 0.2) is 46.9 Å². The summed E-state index contributed by atoms with van der Waals surface area (Å²) in [7, 11) is 0. The minimum Gasteiger partial charge on any atom is -0.489 e. The van der Waals surface area contributed by atoms with Crippen LogP contribution in [0, 0.1) is 6.92 Å². The summed E-state index contributed by atoms with van der Waals surface area (Å²) in [6.45, 7) is 3.19. The van der Waals surface area contributed by atoms with Gasteiger partial charge in [-0.25, -0.2) is 0 Å². The lowest BCUT2D eigenvalue weighted by atomic mass is 10.0. The lowest BCUT2D eigenvalue weighted by Crippen LogP contribution is -2.10. The zero-order valence-corrected chi connectivity index (χ0v) is 13.2. The minimum atomic E-state index is -0.0389. The molecule has 3 nitrogen and oxygen atoms in total.